The smallest absolute Gasteiger partial charge is 0.240 e. The van der Waals surface area contributed by atoms with Crippen molar-refractivity contribution in [3.63, 3.8) is 0 Å². The van der Waals surface area contributed by atoms with Crippen molar-refractivity contribution in [2.24, 2.45) is 0 Å². The normalized spacial score (nSPS) is 31.1. The first-order valence-corrected chi connectivity index (χ1v) is 11.3. The molecule has 0 radical (unpaired) electrons. The van der Waals surface area contributed by atoms with E-state index in [0.717, 1.165) is 85.2 Å². The van der Waals surface area contributed by atoms with Gasteiger partial charge in [0.2, 0.25) is 5.91 Å². The van der Waals surface area contributed by atoms with Gasteiger partial charge in [0.25, 0.3) is 0 Å². The lowest BCUT2D eigenvalue weighted by Gasteiger charge is -2.43. The van der Waals surface area contributed by atoms with Crippen molar-refractivity contribution in [3.05, 3.63) is 0 Å². The first-order chi connectivity index (χ1) is 13.9. The van der Waals surface area contributed by atoms with Crippen LogP contribution in [0, 0.1) is 0 Å². The summed E-state index contributed by atoms with van der Waals surface area (Å²) in [4.78, 5) is 24.5. The maximum atomic E-state index is 12.9. The van der Waals surface area contributed by atoms with Crippen LogP contribution < -0.4 is 0 Å². The molecule has 3 aliphatic heterocycles. The van der Waals surface area contributed by atoms with Crippen LogP contribution in [0.3, 0.4) is 0 Å². The fraction of sp³-hybridized carbons (Fsp3) is 0.952. The van der Waals surface area contributed by atoms with E-state index in [9.17, 15) is 4.79 Å². The molecule has 3 aliphatic rings. The predicted octanol–water partition coefficient (Wildman–Crippen LogP) is -0.498. The van der Waals surface area contributed by atoms with Crippen LogP contribution in [0.25, 0.3) is 0 Å². The summed E-state index contributed by atoms with van der Waals surface area (Å²) < 4.78 is 11.3. The molecule has 29 heavy (non-hydrogen) atoms. The fourth-order valence-electron chi connectivity index (χ4n) is 4.62. The second-order valence-electron chi connectivity index (χ2n) is 9.05. The van der Waals surface area contributed by atoms with Gasteiger partial charge in [0.1, 0.15) is 6.04 Å². The van der Waals surface area contributed by atoms with Crippen LogP contribution in [0.4, 0.5) is 0 Å². The van der Waals surface area contributed by atoms with Crippen LogP contribution in [-0.4, -0.2) is 148 Å². The molecule has 0 spiro atoms. The van der Waals surface area contributed by atoms with Gasteiger partial charge in [-0.15, -0.1) is 0 Å². The van der Waals surface area contributed by atoms with E-state index in [1.807, 2.05) is 14.1 Å². The quantitative estimate of drug-likeness (QED) is 0.560. The van der Waals surface area contributed by atoms with Crippen molar-refractivity contribution < 1.29 is 14.3 Å². The maximum Gasteiger partial charge on any atom is 0.240 e. The largest absolute Gasteiger partial charge is 0.376 e. The van der Waals surface area contributed by atoms with Crippen LogP contribution in [-0.2, 0) is 14.3 Å². The monoisotopic (exact) mass is 411 g/mol. The average molecular weight is 412 g/mol. The number of morpholine rings is 2. The molecule has 0 bridgehead atoms. The second-order valence-corrected chi connectivity index (χ2v) is 9.05. The molecule has 3 rings (SSSR count). The zero-order chi connectivity index (χ0) is 20.8. The minimum atomic E-state index is -0.0409. The van der Waals surface area contributed by atoms with E-state index in [2.05, 4.69) is 33.4 Å². The lowest BCUT2D eigenvalue weighted by atomic mass is 10.1. The van der Waals surface area contributed by atoms with Crippen molar-refractivity contribution in [2.45, 2.75) is 32.1 Å². The van der Waals surface area contributed by atoms with Crippen molar-refractivity contribution >= 4 is 5.91 Å². The number of likely N-dealkylation sites (N-methyl/N-ethyl adjacent to an activating group) is 1. The second kappa shape index (κ2) is 11.0. The molecule has 0 saturated carbocycles. The standard InChI is InChI=1S/C21H41N5O3/c1-18-15-24(11-13-28-18)6-5-23-7-9-26(20(17-23)21(27)22(3)4)10-8-25-12-14-29-19(2)16-25/h18-20H,5-17H2,1-4H3/t18-,19+,20-/m1/s1. The Morgan fingerprint density at radius 2 is 1.31 bits per heavy atom. The third-order valence-electron chi connectivity index (χ3n) is 6.39. The first kappa shape index (κ1) is 22.9. The molecule has 3 atom stereocenters. The average Bonchev–Trinajstić information content (AvgIpc) is 2.70. The van der Waals surface area contributed by atoms with Gasteiger partial charge in [0, 0.05) is 86.1 Å². The van der Waals surface area contributed by atoms with Gasteiger partial charge in [-0.25, -0.2) is 0 Å². The van der Waals surface area contributed by atoms with Crippen molar-refractivity contribution in [1.82, 2.24) is 24.5 Å². The number of nitrogens with zero attached hydrogens (tertiary/aromatic N) is 5. The molecule has 0 unspecified atom stereocenters. The van der Waals surface area contributed by atoms with E-state index in [1.54, 1.807) is 4.90 Å². The van der Waals surface area contributed by atoms with Crippen molar-refractivity contribution in [2.75, 3.05) is 99.3 Å². The van der Waals surface area contributed by atoms with Crippen molar-refractivity contribution in [3.8, 4) is 0 Å². The Labute approximate surface area is 176 Å². The van der Waals surface area contributed by atoms with Gasteiger partial charge >= 0.3 is 0 Å². The van der Waals surface area contributed by atoms with Gasteiger partial charge in [-0.2, -0.15) is 0 Å². The summed E-state index contributed by atoms with van der Waals surface area (Å²) in [5, 5.41) is 0. The summed E-state index contributed by atoms with van der Waals surface area (Å²) in [6.07, 6.45) is 0.634. The molecule has 3 saturated heterocycles. The number of hydrogen-bond acceptors (Lipinski definition) is 7. The molecule has 3 heterocycles. The Hall–Kier alpha value is -0.770. The van der Waals surface area contributed by atoms with Gasteiger partial charge in [0.05, 0.1) is 25.4 Å². The minimum absolute atomic E-state index is 0.0409. The lowest BCUT2D eigenvalue weighted by Crippen LogP contribution is -2.60. The summed E-state index contributed by atoms with van der Waals surface area (Å²) in [7, 11) is 3.75. The Kier molecular flexibility index (Phi) is 8.70. The van der Waals surface area contributed by atoms with E-state index >= 15 is 0 Å². The summed E-state index contributed by atoms with van der Waals surface area (Å²) in [5.41, 5.74) is 0. The zero-order valence-electron chi connectivity index (χ0n) is 18.9. The molecule has 168 valence electrons. The van der Waals surface area contributed by atoms with Gasteiger partial charge in [-0.3, -0.25) is 24.4 Å². The number of rotatable bonds is 7. The topological polar surface area (TPSA) is 51.7 Å². The van der Waals surface area contributed by atoms with Crippen LogP contribution in [0.1, 0.15) is 13.8 Å². The highest BCUT2D eigenvalue weighted by molar-refractivity contribution is 5.81. The molecular formula is C21H41N5O3. The third kappa shape index (κ3) is 6.87. The first-order valence-electron chi connectivity index (χ1n) is 11.3. The van der Waals surface area contributed by atoms with E-state index < -0.39 is 0 Å². The summed E-state index contributed by atoms with van der Waals surface area (Å²) in [6, 6.07) is -0.0409. The Bertz CT molecular complexity index is 521. The Morgan fingerprint density at radius 1 is 0.793 bits per heavy atom. The Balaban J connectivity index is 1.50. The minimum Gasteiger partial charge on any atom is -0.376 e. The van der Waals surface area contributed by atoms with Crippen LogP contribution in [0.2, 0.25) is 0 Å². The van der Waals surface area contributed by atoms with Crippen molar-refractivity contribution in [1.29, 1.82) is 0 Å². The lowest BCUT2D eigenvalue weighted by molar-refractivity contribution is -0.137. The molecular weight excluding hydrogens is 370 g/mol. The SMILES string of the molecule is C[C@@H]1CN(CCN2CCN(CCN3CCO[C@@H](C)C3)[C@@H](C(=O)N(C)C)C2)CCO1. The van der Waals surface area contributed by atoms with Gasteiger partial charge in [-0.05, 0) is 13.8 Å². The third-order valence-corrected chi connectivity index (χ3v) is 6.39. The molecule has 8 heteroatoms. The summed E-state index contributed by atoms with van der Waals surface area (Å²) in [6.45, 7) is 16.8. The van der Waals surface area contributed by atoms with Gasteiger partial charge in [-0.1, -0.05) is 0 Å². The molecule has 0 aliphatic carbocycles. The van der Waals surface area contributed by atoms with E-state index in [4.69, 9.17) is 9.47 Å². The van der Waals surface area contributed by atoms with Crippen LogP contribution >= 0.6 is 0 Å². The van der Waals surface area contributed by atoms with E-state index in [1.165, 1.54) is 0 Å². The molecule has 0 aromatic carbocycles. The Morgan fingerprint density at radius 3 is 1.83 bits per heavy atom. The summed E-state index contributed by atoms with van der Waals surface area (Å²) in [5.74, 6) is 0.227. The molecule has 0 aromatic rings. The predicted molar refractivity (Wildman–Crippen MR) is 114 cm³/mol. The molecule has 8 nitrogen and oxygen atoms in total. The molecule has 1 amide bonds. The highest BCUT2D eigenvalue weighted by atomic mass is 16.5. The number of ether oxygens (including phenoxy) is 2. The molecule has 0 N–H and O–H groups in total. The number of piperazine rings is 1. The highest BCUT2D eigenvalue weighted by Gasteiger charge is 2.33. The van der Waals surface area contributed by atoms with Crippen LogP contribution in [0.5, 0.6) is 0 Å². The molecule has 3 fully saturated rings. The number of hydrogen-bond donors (Lipinski definition) is 0. The zero-order valence-corrected chi connectivity index (χ0v) is 18.9. The maximum absolute atomic E-state index is 12.9. The van der Waals surface area contributed by atoms with E-state index in [0.29, 0.717) is 12.2 Å². The fourth-order valence-corrected chi connectivity index (χ4v) is 4.62. The van der Waals surface area contributed by atoms with E-state index in [-0.39, 0.29) is 11.9 Å². The summed E-state index contributed by atoms with van der Waals surface area (Å²) >= 11 is 0. The molecule has 0 aromatic heterocycles. The van der Waals surface area contributed by atoms with Gasteiger partial charge < -0.3 is 14.4 Å². The number of carbonyl (C=O) groups is 1. The number of carbonyl (C=O) groups excluding carboxylic acids is 1. The highest BCUT2D eigenvalue weighted by Crippen LogP contribution is 2.14. The number of amides is 1. The van der Waals surface area contributed by atoms with Gasteiger partial charge in [0.15, 0.2) is 0 Å². The van der Waals surface area contributed by atoms with Crippen LogP contribution in [0.15, 0.2) is 0 Å².